The smallest absolute Gasteiger partial charge is 0.338 e. The van der Waals surface area contributed by atoms with Crippen LogP contribution in [0.5, 0.6) is 5.75 Å². The minimum atomic E-state index is -0.631. The second-order valence-corrected chi connectivity index (χ2v) is 4.00. The number of anilines is 1. The van der Waals surface area contributed by atoms with Crippen molar-refractivity contribution in [1.82, 2.24) is 4.90 Å². The number of methoxy groups -OCH3 is 1. The molecule has 0 bridgehead atoms. The van der Waals surface area contributed by atoms with Crippen molar-refractivity contribution in [3.8, 4) is 5.75 Å². The van der Waals surface area contributed by atoms with E-state index in [-0.39, 0.29) is 13.0 Å². The van der Waals surface area contributed by atoms with Gasteiger partial charge in [0.2, 0.25) is 11.8 Å². The van der Waals surface area contributed by atoms with E-state index in [2.05, 4.69) is 0 Å². The Morgan fingerprint density at radius 2 is 1.84 bits per heavy atom. The molecular weight excluding hydrogens is 248 g/mol. The van der Waals surface area contributed by atoms with Crippen LogP contribution < -0.4 is 9.64 Å². The molecule has 1 fully saturated rings. The number of imide groups is 2. The van der Waals surface area contributed by atoms with E-state index in [9.17, 15) is 14.4 Å². The van der Waals surface area contributed by atoms with Crippen LogP contribution in [0.3, 0.4) is 0 Å². The second-order valence-electron chi connectivity index (χ2n) is 4.00. The minimum absolute atomic E-state index is 0.233. The fourth-order valence-electron chi connectivity index (χ4n) is 2.00. The molecule has 0 radical (unpaired) electrons. The summed E-state index contributed by atoms with van der Waals surface area (Å²) in [6, 6.07) is 6.07. The molecule has 4 amide bonds. The largest absolute Gasteiger partial charge is 0.495 e. The molecule has 1 aliphatic heterocycles. The van der Waals surface area contributed by atoms with Gasteiger partial charge in [0.25, 0.3) is 0 Å². The Bertz CT molecular complexity index is 541. The van der Waals surface area contributed by atoms with Crippen LogP contribution in [0.2, 0.25) is 0 Å². The van der Waals surface area contributed by atoms with Gasteiger partial charge in [-0.15, -0.1) is 0 Å². The van der Waals surface area contributed by atoms with Crippen molar-refractivity contribution in [3.05, 3.63) is 24.3 Å². The molecule has 0 aromatic heterocycles. The maximum absolute atomic E-state index is 12.2. The normalized spacial score (nSPS) is 16.0. The number of para-hydroxylation sites is 2. The number of ether oxygens (including phenoxy) is 1. The zero-order chi connectivity index (χ0) is 14.0. The number of rotatable bonds is 3. The van der Waals surface area contributed by atoms with E-state index in [1.165, 1.54) is 7.11 Å². The van der Waals surface area contributed by atoms with Gasteiger partial charge in [0.1, 0.15) is 12.2 Å². The first kappa shape index (κ1) is 13.1. The van der Waals surface area contributed by atoms with Crippen LogP contribution in [0.4, 0.5) is 10.5 Å². The number of hydrogen-bond acceptors (Lipinski definition) is 4. The summed E-state index contributed by atoms with van der Waals surface area (Å²) in [6.07, 6.45) is -0.308. The fraction of sp³-hybridized carbons (Fsp3) is 0.308. The lowest BCUT2D eigenvalue weighted by atomic mass is 10.2. The van der Waals surface area contributed by atoms with Crippen LogP contribution in [0.25, 0.3) is 0 Å². The second kappa shape index (κ2) is 5.09. The van der Waals surface area contributed by atoms with Gasteiger partial charge in [0, 0.05) is 6.54 Å². The lowest BCUT2D eigenvalue weighted by molar-refractivity contribution is -0.134. The number of urea groups is 1. The molecule has 1 saturated heterocycles. The van der Waals surface area contributed by atoms with Crippen molar-refractivity contribution in [2.24, 2.45) is 0 Å². The number of hydrogen-bond donors (Lipinski definition) is 0. The highest BCUT2D eigenvalue weighted by Gasteiger charge is 2.38. The summed E-state index contributed by atoms with van der Waals surface area (Å²) in [4.78, 5) is 37.8. The lowest BCUT2D eigenvalue weighted by Gasteiger charge is -2.32. The molecule has 0 spiro atoms. The van der Waals surface area contributed by atoms with E-state index in [1.807, 2.05) is 0 Å². The zero-order valence-corrected chi connectivity index (χ0v) is 10.8. The van der Waals surface area contributed by atoms with Crippen molar-refractivity contribution in [2.45, 2.75) is 13.3 Å². The van der Waals surface area contributed by atoms with Crippen LogP contribution >= 0.6 is 0 Å². The summed E-state index contributed by atoms with van der Waals surface area (Å²) < 4.78 is 5.14. The Labute approximate surface area is 110 Å². The summed E-state index contributed by atoms with van der Waals surface area (Å²) in [7, 11) is 1.46. The molecule has 100 valence electrons. The Hall–Kier alpha value is -2.37. The minimum Gasteiger partial charge on any atom is -0.495 e. The maximum atomic E-state index is 12.2. The van der Waals surface area contributed by atoms with Crippen LogP contribution in [0.1, 0.15) is 13.3 Å². The molecule has 0 atom stereocenters. The Morgan fingerprint density at radius 3 is 2.47 bits per heavy atom. The standard InChI is InChI=1S/C13H14N2O4/c1-3-14-11(16)8-12(17)15(13(14)18)9-6-4-5-7-10(9)19-2/h4-7H,3,8H2,1-2H3. The van der Waals surface area contributed by atoms with E-state index in [0.29, 0.717) is 11.4 Å². The molecule has 6 nitrogen and oxygen atoms in total. The number of benzene rings is 1. The molecule has 1 aromatic rings. The van der Waals surface area contributed by atoms with Crippen molar-refractivity contribution in [3.63, 3.8) is 0 Å². The molecule has 0 N–H and O–H groups in total. The van der Waals surface area contributed by atoms with Gasteiger partial charge < -0.3 is 4.74 Å². The monoisotopic (exact) mass is 262 g/mol. The third-order valence-corrected chi connectivity index (χ3v) is 2.92. The van der Waals surface area contributed by atoms with Gasteiger partial charge in [0.15, 0.2) is 0 Å². The molecule has 19 heavy (non-hydrogen) atoms. The van der Waals surface area contributed by atoms with Gasteiger partial charge in [-0.25, -0.2) is 9.69 Å². The highest BCUT2D eigenvalue weighted by atomic mass is 16.5. The average molecular weight is 262 g/mol. The quantitative estimate of drug-likeness (QED) is 0.772. The molecule has 6 heteroatoms. The Morgan fingerprint density at radius 1 is 1.16 bits per heavy atom. The van der Waals surface area contributed by atoms with Crippen molar-refractivity contribution in [1.29, 1.82) is 0 Å². The van der Waals surface area contributed by atoms with Crippen LogP contribution in [-0.2, 0) is 9.59 Å². The number of carbonyl (C=O) groups excluding carboxylic acids is 3. The number of amides is 4. The molecule has 1 aromatic carbocycles. The molecular formula is C13H14N2O4. The van der Waals surface area contributed by atoms with Gasteiger partial charge in [0.05, 0.1) is 12.8 Å². The van der Waals surface area contributed by atoms with E-state index < -0.39 is 17.8 Å². The molecule has 0 aliphatic carbocycles. The van der Waals surface area contributed by atoms with Crippen molar-refractivity contribution < 1.29 is 19.1 Å². The van der Waals surface area contributed by atoms with Crippen LogP contribution in [0, 0.1) is 0 Å². The molecule has 0 saturated carbocycles. The predicted molar refractivity (Wildman–Crippen MR) is 67.9 cm³/mol. The lowest BCUT2D eigenvalue weighted by Crippen LogP contribution is -2.55. The van der Waals surface area contributed by atoms with Gasteiger partial charge >= 0.3 is 6.03 Å². The first-order valence-corrected chi connectivity index (χ1v) is 5.90. The molecule has 0 unspecified atom stereocenters. The van der Waals surface area contributed by atoms with E-state index in [0.717, 1.165) is 9.80 Å². The summed E-state index contributed by atoms with van der Waals surface area (Å²) in [5.74, 6) is -0.595. The molecule has 1 aliphatic rings. The Kier molecular flexibility index (Phi) is 3.50. The number of nitrogens with zero attached hydrogens (tertiary/aromatic N) is 2. The average Bonchev–Trinajstić information content (AvgIpc) is 2.39. The fourth-order valence-corrected chi connectivity index (χ4v) is 2.00. The topological polar surface area (TPSA) is 66.9 Å². The van der Waals surface area contributed by atoms with Crippen molar-refractivity contribution in [2.75, 3.05) is 18.6 Å². The van der Waals surface area contributed by atoms with Gasteiger partial charge in [-0.3, -0.25) is 14.5 Å². The zero-order valence-electron chi connectivity index (χ0n) is 10.8. The summed E-state index contributed by atoms with van der Waals surface area (Å²) >= 11 is 0. The summed E-state index contributed by atoms with van der Waals surface area (Å²) in [5.41, 5.74) is 0.353. The first-order chi connectivity index (χ1) is 9.10. The SMILES string of the molecule is CCN1C(=O)CC(=O)N(c2ccccc2OC)C1=O. The van der Waals surface area contributed by atoms with E-state index >= 15 is 0 Å². The Balaban J connectivity index is 2.45. The van der Waals surface area contributed by atoms with Crippen LogP contribution in [-0.4, -0.2) is 36.4 Å². The predicted octanol–water partition coefficient (Wildman–Crippen LogP) is 1.40. The van der Waals surface area contributed by atoms with Crippen molar-refractivity contribution >= 4 is 23.5 Å². The van der Waals surface area contributed by atoms with E-state index in [1.54, 1.807) is 31.2 Å². The summed E-state index contributed by atoms with van der Waals surface area (Å²) in [5, 5.41) is 0. The third kappa shape index (κ3) is 2.16. The summed E-state index contributed by atoms with van der Waals surface area (Å²) in [6.45, 7) is 1.92. The number of carbonyl (C=O) groups is 3. The van der Waals surface area contributed by atoms with E-state index in [4.69, 9.17) is 4.74 Å². The maximum Gasteiger partial charge on any atom is 0.338 e. The molecule has 1 heterocycles. The van der Waals surface area contributed by atoms with Gasteiger partial charge in [-0.1, -0.05) is 12.1 Å². The number of barbiturate groups is 1. The van der Waals surface area contributed by atoms with Gasteiger partial charge in [-0.2, -0.15) is 0 Å². The van der Waals surface area contributed by atoms with Crippen LogP contribution in [0.15, 0.2) is 24.3 Å². The first-order valence-electron chi connectivity index (χ1n) is 5.90. The highest BCUT2D eigenvalue weighted by Crippen LogP contribution is 2.30. The molecule has 2 rings (SSSR count). The van der Waals surface area contributed by atoms with Gasteiger partial charge in [-0.05, 0) is 19.1 Å². The highest BCUT2D eigenvalue weighted by molar-refractivity contribution is 6.26. The third-order valence-electron chi connectivity index (χ3n) is 2.92.